The number of likely N-dealkylation sites (tertiary alicyclic amines) is 1. The fraction of sp³-hybridized carbons (Fsp3) is 0.565. The van der Waals surface area contributed by atoms with Gasteiger partial charge in [-0.1, -0.05) is 44.5 Å². The first-order valence-electron chi connectivity index (χ1n) is 10.9. The van der Waals surface area contributed by atoms with Crippen LogP contribution in [0.25, 0.3) is 0 Å². The molecule has 1 fully saturated rings. The summed E-state index contributed by atoms with van der Waals surface area (Å²) in [6, 6.07) is 8.94. The molecule has 3 rings (SSSR count). The van der Waals surface area contributed by atoms with Gasteiger partial charge in [0.25, 0.3) is 0 Å². The number of aliphatic imine (C=N–C) groups is 1. The number of aromatic nitrogens is 2. The third-order valence-electron chi connectivity index (χ3n) is 5.34. The minimum absolute atomic E-state index is 0. The first kappa shape index (κ1) is 24.7. The van der Waals surface area contributed by atoms with E-state index in [2.05, 4.69) is 68.2 Å². The molecule has 0 aliphatic carbocycles. The Kier molecular flexibility index (Phi) is 10.6. The van der Waals surface area contributed by atoms with Crippen LogP contribution in [0.15, 0.2) is 41.7 Å². The first-order valence-corrected chi connectivity index (χ1v) is 10.9. The molecule has 7 heteroatoms. The molecule has 2 N–H and O–H groups in total. The van der Waals surface area contributed by atoms with Crippen molar-refractivity contribution in [1.82, 2.24) is 25.1 Å². The third-order valence-corrected chi connectivity index (χ3v) is 5.34. The van der Waals surface area contributed by atoms with Gasteiger partial charge in [-0.15, -0.1) is 24.0 Å². The summed E-state index contributed by atoms with van der Waals surface area (Å²) in [6.07, 6.45) is 7.97. The highest BCUT2D eigenvalue weighted by molar-refractivity contribution is 14.0. The second kappa shape index (κ2) is 12.9. The molecule has 0 radical (unpaired) electrons. The SMILES string of the molecule is CN=C(NCc1ccc(CN2CCCCC2)cc1)NCc1nccn1CC(C)C.I. The van der Waals surface area contributed by atoms with Crippen molar-refractivity contribution in [2.45, 2.75) is 59.3 Å². The molecule has 0 saturated carbocycles. The summed E-state index contributed by atoms with van der Waals surface area (Å²) >= 11 is 0. The Morgan fingerprint density at radius 3 is 2.37 bits per heavy atom. The van der Waals surface area contributed by atoms with E-state index in [-0.39, 0.29) is 24.0 Å². The van der Waals surface area contributed by atoms with Gasteiger partial charge in [0.15, 0.2) is 5.96 Å². The standard InChI is InChI=1S/C23H36N6.HI/c1-19(2)17-29-14-11-25-22(29)16-27-23(24-3)26-15-20-7-9-21(10-8-20)18-28-12-5-4-6-13-28;/h7-11,14,19H,4-6,12-13,15-18H2,1-3H3,(H2,24,26,27);1H. The molecule has 1 aliphatic rings. The molecule has 6 nitrogen and oxygen atoms in total. The molecule has 1 aromatic heterocycles. The van der Waals surface area contributed by atoms with Crippen molar-refractivity contribution in [1.29, 1.82) is 0 Å². The maximum absolute atomic E-state index is 4.47. The van der Waals surface area contributed by atoms with Crippen molar-refractivity contribution in [2.24, 2.45) is 10.9 Å². The molecular weight excluding hydrogens is 487 g/mol. The normalized spacial score (nSPS) is 15.1. The number of hydrogen-bond acceptors (Lipinski definition) is 3. The van der Waals surface area contributed by atoms with E-state index in [4.69, 9.17) is 0 Å². The van der Waals surface area contributed by atoms with Crippen molar-refractivity contribution in [3.63, 3.8) is 0 Å². The smallest absolute Gasteiger partial charge is 0.191 e. The van der Waals surface area contributed by atoms with Crippen molar-refractivity contribution in [3.8, 4) is 0 Å². The van der Waals surface area contributed by atoms with Crippen LogP contribution >= 0.6 is 24.0 Å². The van der Waals surface area contributed by atoms with Crippen LogP contribution in [-0.4, -0.2) is 40.5 Å². The number of nitrogens with zero attached hydrogens (tertiary/aromatic N) is 4. The van der Waals surface area contributed by atoms with Gasteiger partial charge < -0.3 is 15.2 Å². The van der Waals surface area contributed by atoms with E-state index in [1.165, 1.54) is 43.5 Å². The number of hydrogen-bond donors (Lipinski definition) is 2. The number of imidazole rings is 1. The van der Waals surface area contributed by atoms with Crippen molar-refractivity contribution in [2.75, 3.05) is 20.1 Å². The Balaban J connectivity index is 0.00000320. The molecule has 1 aromatic carbocycles. The van der Waals surface area contributed by atoms with E-state index in [0.29, 0.717) is 12.5 Å². The zero-order chi connectivity index (χ0) is 20.5. The highest BCUT2D eigenvalue weighted by atomic mass is 127. The average molecular weight is 524 g/mol. The van der Waals surface area contributed by atoms with Crippen molar-refractivity contribution < 1.29 is 0 Å². The van der Waals surface area contributed by atoms with E-state index in [1.54, 1.807) is 7.05 Å². The second-order valence-electron chi connectivity index (χ2n) is 8.32. The summed E-state index contributed by atoms with van der Waals surface area (Å²) in [7, 11) is 1.80. The largest absolute Gasteiger partial charge is 0.352 e. The highest BCUT2D eigenvalue weighted by Gasteiger charge is 2.10. The van der Waals surface area contributed by atoms with Crippen LogP contribution in [0, 0.1) is 5.92 Å². The fourth-order valence-corrected chi connectivity index (χ4v) is 3.77. The van der Waals surface area contributed by atoms with Crippen molar-refractivity contribution >= 4 is 29.9 Å². The van der Waals surface area contributed by atoms with Crippen LogP contribution in [0.1, 0.15) is 50.1 Å². The molecule has 0 amide bonds. The van der Waals surface area contributed by atoms with Gasteiger partial charge >= 0.3 is 0 Å². The Bertz CT molecular complexity index is 762. The van der Waals surface area contributed by atoms with Crippen LogP contribution < -0.4 is 10.6 Å². The van der Waals surface area contributed by atoms with Crippen LogP contribution in [0.2, 0.25) is 0 Å². The molecule has 0 spiro atoms. The minimum atomic E-state index is 0. The van der Waals surface area contributed by atoms with E-state index in [9.17, 15) is 0 Å². The van der Waals surface area contributed by atoms with E-state index in [1.807, 2.05) is 12.4 Å². The Labute approximate surface area is 198 Å². The number of guanidine groups is 1. The molecule has 0 bridgehead atoms. The summed E-state index contributed by atoms with van der Waals surface area (Å²) in [4.78, 5) is 11.4. The lowest BCUT2D eigenvalue weighted by Gasteiger charge is -2.26. The number of benzene rings is 1. The van der Waals surface area contributed by atoms with Crippen LogP contribution in [0.4, 0.5) is 0 Å². The highest BCUT2D eigenvalue weighted by Crippen LogP contribution is 2.13. The molecular formula is C23H37IN6. The summed E-state index contributed by atoms with van der Waals surface area (Å²) < 4.78 is 2.20. The Hall–Kier alpha value is -1.61. The van der Waals surface area contributed by atoms with Gasteiger partial charge in [0.2, 0.25) is 0 Å². The summed E-state index contributed by atoms with van der Waals surface area (Å²) in [5, 5.41) is 6.77. The first-order chi connectivity index (χ1) is 14.1. The molecule has 2 aromatic rings. The number of halogens is 1. The molecule has 1 saturated heterocycles. The average Bonchev–Trinajstić information content (AvgIpc) is 3.16. The van der Waals surface area contributed by atoms with E-state index >= 15 is 0 Å². The van der Waals surface area contributed by atoms with Crippen LogP contribution in [0.5, 0.6) is 0 Å². The van der Waals surface area contributed by atoms with Gasteiger partial charge in [0.05, 0.1) is 6.54 Å². The maximum Gasteiger partial charge on any atom is 0.191 e. The Morgan fingerprint density at radius 2 is 1.70 bits per heavy atom. The van der Waals surface area contributed by atoms with Gasteiger partial charge in [0, 0.05) is 39.1 Å². The number of nitrogens with one attached hydrogen (secondary N) is 2. The summed E-state index contributed by atoms with van der Waals surface area (Å²) in [5.74, 6) is 2.42. The molecule has 2 heterocycles. The van der Waals surface area contributed by atoms with Gasteiger partial charge in [-0.3, -0.25) is 9.89 Å². The fourth-order valence-electron chi connectivity index (χ4n) is 3.77. The molecule has 0 atom stereocenters. The zero-order valence-corrected chi connectivity index (χ0v) is 20.9. The minimum Gasteiger partial charge on any atom is -0.352 e. The lowest BCUT2D eigenvalue weighted by molar-refractivity contribution is 0.221. The zero-order valence-electron chi connectivity index (χ0n) is 18.6. The molecule has 166 valence electrons. The van der Waals surface area contributed by atoms with Gasteiger partial charge in [-0.05, 0) is 43.0 Å². The molecule has 0 unspecified atom stereocenters. The Morgan fingerprint density at radius 1 is 1.03 bits per heavy atom. The van der Waals surface area contributed by atoms with Crippen molar-refractivity contribution in [3.05, 3.63) is 53.6 Å². The lowest BCUT2D eigenvalue weighted by Crippen LogP contribution is -2.37. The molecule has 1 aliphatic heterocycles. The number of rotatable bonds is 8. The summed E-state index contributed by atoms with van der Waals surface area (Å²) in [5.41, 5.74) is 2.66. The monoisotopic (exact) mass is 524 g/mol. The van der Waals surface area contributed by atoms with Gasteiger partial charge in [-0.25, -0.2) is 4.98 Å². The van der Waals surface area contributed by atoms with E-state index < -0.39 is 0 Å². The van der Waals surface area contributed by atoms with Gasteiger partial charge in [-0.2, -0.15) is 0 Å². The van der Waals surface area contributed by atoms with Crippen LogP contribution in [0.3, 0.4) is 0 Å². The lowest BCUT2D eigenvalue weighted by atomic mass is 10.1. The summed E-state index contributed by atoms with van der Waals surface area (Å²) in [6.45, 7) is 10.4. The molecule has 30 heavy (non-hydrogen) atoms. The topological polar surface area (TPSA) is 57.5 Å². The predicted molar refractivity (Wildman–Crippen MR) is 135 cm³/mol. The van der Waals surface area contributed by atoms with Crippen LogP contribution in [-0.2, 0) is 26.2 Å². The predicted octanol–water partition coefficient (Wildman–Crippen LogP) is 4.01. The quantitative estimate of drug-likeness (QED) is 0.312. The van der Waals surface area contributed by atoms with Gasteiger partial charge in [0.1, 0.15) is 5.82 Å². The number of piperidine rings is 1. The second-order valence-corrected chi connectivity index (χ2v) is 8.32. The third kappa shape index (κ3) is 7.91. The maximum atomic E-state index is 4.47. The van der Waals surface area contributed by atoms with E-state index in [0.717, 1.165) is 31.4 Å².